The summed E-state index contributed by atoms with van der Waals surface area (Å²) < 4.78 is 7.56. The van der Waals surface area contributed by atoms with Crippen LogP contribution in [0.25, 0.3) is 0 Å². The number of pyridine rings is 1. The molecule has 3 nitrogen and oxygen atoms in total. The molecule has 0 saturated carbocycles. The number of carbonyl (C=O) groups excluding carboxylic acids is 1. The maximum atomic E-state index is 11.9. The highest BCUT2D eigenvalue weighted by molar-refractivity contribution is 5.86. The molecule has 0 N–H and O–H groups in total. The molecule has 25 heavy (non-hydrogen) atoms. The van der Waals surface area contributed by atoms with Crippen LogP contribution in [0.1, 0.15) is 84.3 Å². The van der Waals surface area contributed by atoms with Crippen LogP contribution in [0.4, 0.5) is 0 Å². The predicted molar refractivity (Wildman–Crippen MR) is 98.4 cm³/mol. The SMILES string of the molecule is C=C(C)C(=O)OC(CCCCCCCCCCC)[n+]1ccccc1.[Br-]. The first-order valence-electron chi connectivity index (χ1n) is 9.47. The van der Waals surface area contributed by atoms with Crippen LogP contribution in [-0.2, 0) is 9.53 Å². The van der Waals surface area contributed by atoms with Crippen LogP contribution in [0.3, 0.4) is 0 Å². The van der Waals surface area contributed by atoms with E-state index in [0.717, 1.165) is 12.8 Å². The van der Waals surface area contributed by atoms with Crippen LogP contribution >= 0.6 is 0 Å². The summed E-state index contributed by atoms with van der Waals surface area (Å²) in [7, 11) is 0. The summed E-state index contributed by atoms with van der Waals surface area (Å²) in [6, 6.07) is 5.88. The molecule has 1 aromatic heterocycles. The highest BCUT2D eigenvalue weighted by Gasteiger charge is 2.22. The van der Waals surface area contributed by atoms with Gasteiger partial charge in [0, 0.05) is 24.1 Å². The topological polar surface area (TPSA) is 30.2 Å². The molecule has 0 aliphatic heterocycles. The second-order valence-electron chi connectivity index (χ2n) is 6.58. The van der Waals surface area contributed by atoms with E-state index in [2.05, 4.69) is 13.5 Å². The molecule has 0 aliphatic carbocycles. The summed E-state index contributed by atoms with van der Waals surface area (Å²) >= 11 is 0. The van der Waals surface area contributed by atoms with Crippen molar-refractivity contribution in [1.29, 1.82) is 0 Å². The maximum Gasteiger partial charge on any atom is 0.338 e. The molecule has 1 rings (SSSR count). The van der Waals surface area contributed by atoms with Crippen LogP contribution in [0.2, 0.25) is 0 Å². The third-order valence-corrected chi connectivity index (χ3v) is 4.22. The Morgan fingerprint density at radius 2 is 1.48 bits per heavy atom. The van der Waals surface area contributed by atoms with Crippen molar-refractivity contribution < 1.29 is 31.1 Å². The molecule has 1 aromatic rings. The molecule has 0 spiro atoms. The lowest BCUT2D eigenvalue weighted by Gasteiger charge is -2.13. The van der Waals surface area contributed by atoms with Crippen molar-refractivity contribution in [1.82, 2.24) is 0 Å². The Kier molecular flexibility index (Phi) is 14.4. The van der Waals surface area contributed by atoms with Gasteiger partial charge in [0.1, 0.15) is 0 Å². The van der Waals surface area contributed by atoms with Gasteiger partial charge in [-0.25, -0.2) is 4.79 Å². The van der Waals surface area contributed by atoms with Crippen LogP contribution in [0.5, 0.6) is 0 Å². The van der Waals surface area contributed by atoms with Crippen molar-refractivity contribution in [2.24, 2.45) is 0 Å². The molecule has 142 valence electrons. The Balaban J connectivity index is 0.00000576. The van der Waals surface area contributed by atoms with Crippen molar-refractivity contribution in [3.8, 4) is 0 Å². The van der Waals surface area contributed by atoms with E-state index in [-0.39, 0.29) is 29.2 Å². The highest BCUT2D eigenvalue weighted by atomic mass is 79.9. The lowest BCUT2D eigenvalue weighted by atomic mass is 10.1. The van der Waals surface area contributed by atoms with E-state index in [9.17, 15) is 4.79 Å². The molecular formula is C21H34BrNO2. The normalized spacial score (nSPS) is 11.4. The van der Waals surface area contributed by atoms with E-state index < -0.39 is 0 Å². The van der Waals surface area contributed by atoms with Gasteiger partial charge >= 0.3 is 12.2 Å². The van der Waals surface area contributed by atoms with E-state index in [4.69, 9.17) is 4.74 Å². The smallest absolute Gasteiger partial charge is 0.338 e. The molecule has 0 amide bonds. The van der Waals surface area contributed by atoms with Gasteiger partial charge in [-0.3, -0.25) is 0 Å². The van der Waals surface area contributed by atoms with Crippen LogP contribution < -0.4 is 21.5 Å². The van der Waals surface area contributed by atoms with Gasteiger partial charge in [0.05, 0.1) is 0 Å². The van der Waals surface area contributed by atoms with Gasteiger partial charge in [-0.05, 0) is 13.3 Å². The fourth-order valence-electron chi connectivity index (χ4n) is 2.73. The van der Waals surface area contributed by atoms with Crippen LogP contribution in [0, 0.1) is 0 Å². The highest BCUT2D eigenvalue weighted by Crippen LogP contribution is 2.16. The number of carbonyl (C=O) groups is 1. The predicted octanol–water partition coefficient (Wildman–Crippen LogP) is 2.52. The summed E-state index contributed by atoms with van der Waals surface area (Å²) in [5.41, 5.74) is 0.448. The second kappa shape index (κ2) is 15.1. The van der Waals surface area contributed by atoms with Gasteiger partial charge in [0.2, 0.25) is 0 Å². The lowest BCUT2D eigenvalue weighted by Crippen LogP contribution is -3.00. The molecule has 1 heterocycles. The molecule has 0 aliphatic rings. The minimum Gasteiger partial charge on any atom is -1.00 e. The quantitative estimate of drug-likeness (QED) is 0.216. The lowest BCUT2D eigenvalue weighted by molar-refractivity contribution is -0.757. The molecule has 1 unspecified atom stereocenters. The fraction of sp³-hybridized carbons (Fsp3) is 0.619. The Hall–Kier alpha value is -1.16. The van der Waals surface area contributed by atoms with Crippen molar-refractivity contribution in [2.45, 2.75) is 84.3 Å². The number of hydrogen-bond acceptors (Lipinski definition) is 2. The summed E-state index contributed by atoms with van der Waals surface area (Å²) in [5, 5.41) is 0. The summed E-state index contributed by atoms with van der Waals surface area (Å²) in [6.07, 6.45) is 16.1. The third-order valence-electron chi connectivity index (χ3n) is 4.22. The molecule has 0 radical (unpaired) electrons. The van der Waals surface area contributed by atoms with Gasteiger partial charge in [-0.15, -0.1) is 0 Å². The Bertz CT molecular complexity index is 476. The Morgan fingerprint density at radius 1 is 0.960 bits per heavy atom. The largest absolute Gasteiger partial charge is 1.00 e. The standard InChI is InChI=1S/C21H34NO2.BrH/c1-4-5-6-7-8-9-10-11-13-16-20(24-21(23)19(2)3)22-17-14-12-15-18-22;/h12,14-15,17-18,20H,2,4-11,13,16H2,1,3H3;1H/q+1;/p-1. The number of unbranched alkanes of at least 4 members (excludes halogenated alkanes) is 8. The summed E-state index contributed by atoms with van der Waals surface area (Å²) in [5.74, 6) is -0.313. The van der Waals surface area contributed by atoms with E-state index in [1.807, 2.05) is 35.2 Å². The van der Waals surface area contributed by atoms with Crippen molar-refractivity contribution in [2.75, 3.05) is 0 Å². The zero-order chi connectivity index (χ0) is 17.6. The van der Waals surface area contributed by atoms with Gasteiger partial charge in [0.25, 0.3) is 0 Å². The van der Waals surface area contributed by atoms with Crippen LogP contribution in [0.15, 0.2) is 42.7 Å². The summed E-state index contributed by atoms with van der Waals surface area (Å²) in [6.45, 7) is 7.61. The number of ether oxygens (including phenoxy) is 1. The molecule has 0 aromatic carbocycles. The first-order chi connectivity index (χ1) is 11.6. The fourth-order valence-corrected chi connectivity index (χ4v) is 2.73. The molecule has 0 fully saturated rings. The van der Waals surface area contributed by atoms with Crippen molar-refractivity contribution in [3.05, 3.63) is 42.7 Å². The minimum absolute atomic E-state index is 0. The number of nitrogens with zero attached hydrogens (tertiary/aromatic N) is 1. The number of aromatic nitrogens is 1. The third kappa shape index (κ3) is 11.1. The number of hydrogen-bond donors (Lipinski definition) is 0. The molecule has 0 bridgehead atoms. The average Bonchev–Trinajstić information content (AvgIpc) is 2.59. The van der Waals surface area contributed by atoms with Gasteiger partial charge < -0.3 is 21.7 Å². The molecule has 1 atom stereocenters. The maximum absolute atomic E-state index is 11.9. The van der Waals surface area contributed by atoms with Crippen molar-refractivity contribution in [3.63, 3.8) is 0 Å². The minimum atomic E-state index is -0.313. The van der Waals surface area contributed by atoms with Gasteiger partial charge in [-0.1, -0.05) is 70.9 Å². The van der Waals surface area contributed by atoms with E-state index in [0.29, 0.717) is 5.57 Å². The first kappa shape index (κ1) is 23.8. The Morgan fingerprint density at radius 3 is 2.00 bits per heavy atom. The van der Waals surface area contributed by atoms with Gasteiger partial charge in [-0.2, -0.15) is 4.57 Å². The monoisotopic (exact) mass is 411 g/mol. The molecule has 0 saturated heterocycles. The first-order valence-corrected chi connectivity index (χ1v) is 9.47. The summed E-state index contributed by atoms with van der Waals surface area (Å²) in [4.78, 5) is 11.9. The zero-order valence-electron chi connectivity index (χ0n) is 15.9. The zero-order valence-corrected chi connectivity index (χ0v) is 17.5. The Labute approximate surface area is 164 Å². The number of rotatable bonds is 13. The van der Waals surface area contributed by atoms with E-state index >= 15 is 0 Å². The van der Waals surface area contributed by atoms with Gasteiger partial charge in [0.15, 0.2) is 12.4 Å². The second-order valence-corrected chi connectivity index (χ2v) is 6.58. The number of esters is 1. The average molecular weight is 412 g/mol. The van der Waals surface area contributed by atoms with E-state index in [1.54, 1.807) is 6.92 Å². The van der Waals surface area contributed by atoms with Crippen molar-refractivity contribution >= 4 is 5.97 Å². The van der Waals surface area contributed by atoms with E-state index in [1.165, 1.54) is 51.4 Å². The molecular weight excluding hydrogens is 378 g/mol. The molecule has 4 heteroatoms. The number of halogens is 1. The van der Waals surface area contributed by atoms with Crippen LogP contribution in [-0.4, -0.2) is 5.97 Å².